The van der Waals surface area contributed by atoms with Crippen LogP contribution in [0, 0.1) is 0 Å². The molecule has 4 aromatic rings. The van der Waals surface area contributed by atoms with Crippen molar-refractivity contribution in [1.29, 1.82) is 0 Å². The van der Waals surface area contributed by atoms with E-state index in [-0.39, 0.29) is 23.3 Å². The van der Waals surface area contributed by atoms with E-state index in [1.165, 1.54) is 23.5 Å². The third-order valence-electron chi connectivity index (χ3n) is 7.51. The SMILES string of the molecule is O=C(OC[C@H]1O[C@H](SC2=NCCS2)[C@@H](OC(=O)c2ccccc2)[C@@H](OC(=O)c2ccccc2)[C@@H]1OC(=O)c1ccccc1)c1ccccc1. The van der Waals surface area contributed by atoms with Crippen LogP contribution in [-0.2, 0) is 23.7 Å². The predicted octanol–water partition coefficient (Wildman–Crippen LogP) is 6.08. The van der Waals surface area contributed by atoms with Crippen LogP contribution in [0.25, 0.3) is 0 Å². The Labute approximate surface area is 291 Å². The van der Waals surface area contributed by atoms with Crippen LogP contribution >= 0.6 is 23.5 Å². The zero-order chi connectivity index (χ0) is 34.0. The molecule has 4 aromatic carbocycles. The third-order valence-corrected chi connectivity index (χ3v) is 9.86. The summed E-state index contributed by atoms with van der Waals surface area (Å²) in [6.45, 7) is 0.214. The van der Waals surface area contributed by atoms with Gasteiger partial charge in [0.1, 0.15) is 17.1 Å². The summed E-state index contributed by atoms with van der Waals surface area (Å²) in [6.07, 6.45) is -5.21. The molecule has 12 heteroatoms. The first-order valence-corrected chi connectivity index (χ1v) is 17.3. The Morgan fingerprint density at radius 1 is 0.612 bits per heavy atom. The van der Waals surface area contributed by atoms with E-state index < -0.39 is 53.7 Å². The monoisotopic (exact) mass is 697 g/mol. The van der Waals surface area contributed by atoms with Gasteiger partial charge < -0.3 is 23.7 Å². The molecule has 0 spiro atoms. The third kappa shape index (κ3) is 8.77. The highest BCUT2D eigenvalue weighted by molar-refractivity contribution is 8.39. The zero-order valence-corrected chi connectivity index (χ0v) is 27.6. The minimum Gasteiger partial charge on any atom is -0.459 e. The lowest BCUT2D eigenvalue weighted by Crippen LogP contribution is -2.62. The van der Waals surface area contributed by atoms with E-state index in [0.29, 0.717) is 16.5 Å². The number of nitrogens with zero attached hydrogens (tertiary/aromatic N) is 1. The maximum atomic E-state index is 13.7. The van der Waals surface area contributed by atoms with E-state index in [1.807, 2.05) is 0 Å². The maximum Gasteiger partial charge on any atom is 0.338 e. The fourth-order valence-corrected chi connectivity index (χ4v) is 7.36. The van der Waals surface area contributed by atoms with E-state index in [2.05, 4.69) is 4.99 Å². The van der Waals surface area contributed by atoms with Crippen molar-refractivity contribution in [1.82, 2.24) is 0 Å². The van der Waals surface area contributed by atoms with Crippen molar-refractivity contribution in [3.05, 3.63) is 144 Å². The Bertz CT molecular complexity index is 1780. The minimum absolute atomic E-state index is 0.224. The van der Waals surface area contributed by atoms with Gasteiger partial charge in [-0.3, -0.25) is 4.99 Å². The number of benzene rings is 4. The van der Waals surface area contributed by atoms with Crippen LogP contribution in [-0.4, -0.2) is 77.0 Å². The Morgan fingerprint density at radius 3 is 1.49 bits per heavy atom. The van der Waals surface area contributed by atoms with E-state index in [9.17, 15) is 19.2 Å². The Hall–Kier alpha value is -4.91. The summed E-state index contributed by atoms with van der Waals surface area (Å²) in [6, 6.07) is 33.2. The number of hydrogen-bond donors (Lipinski definition) is 0. The topological polar surface area (TPSA) is 127 Å². The molecule has 250 valence electrons. The van der Waals surface area contributed by atoms with Crippen molar-refractivity contribution in [3.63, 3.8) is 0 Å². The molecule has 0 amide bonds. The van der Waals surface area contributed by atoms with E-state index >= 15 is 0 Å². The van der Waals surface area contributed by atoms with Gasteiger partial charge in [0.15, 0.2) is 23.7 Å². The zero-order valence-electron chi connectivity index (χ0n) is 26.0. The number of hydrogen-bond acceptors (Lipinski definition) is 12. The molecule has 0 radical (unpaired) electrons. The fourth-order valence-electron chi connectivity index (χ4n) is 5.11. The first-order chi connectivity index (χ1) is 24.0. The molecule has 2 aliphatic heterocycles. The summed E-state index contributed by atoms with van der Waals surface area (Å²) in [4.78, 5) is 58.4. The van der Waals surface area contributed by atoms with Gasteiger partial charge in [-0.05, 0) is 48.5 Å². The largest absolute Gasteiger partial charge is 0.459 e. The van der Waals surface area contributed by atoms with Crippen molar-refractivity contribution in [2.45, 2.75) is 29.9 Å². The Kier molecular flexibility index (Phi) is 11.4. The highest BCUT2D eigenvalue weighted by atomic mass is 32.2. The van der Waals surface area contributed by atoms with Crippen molar-refractivity contribution >= 4 is 51.8 Å². The number of carbonyl (C=O) groups excluding carboxylic acids is 4. The van der Waals surface area contributed by atoms with Gasteiger partial charge in [0, 0.05) is 5.75 Å². The fraction of sp³-hybridized carbons (Fsp3) is 0.216. The maximum absolute atomic E-state index is 13.7. The van der Waals surface area contributed by atoms with Crippen LogP contribution in [0.5, 0.6) is 0 Å². The van der Waals surface area contributed by atoms with Crippen LogP contribution in [0.4, 0.5) is 0 Å². The van der Waals surface area contributed by atoms with Gasteiger partial charge in [-0.25, -0.2) is 19.2 Å². The standard InChI is InChI=1S/C37H31NO9S2/c39-32(24-13-5-1-6-14-24)43-23-28-29(45-33(40)25-15-7-2-8-16-25)30(46-34(41)26-17-9-3-10-18-26)31(36(44-28)49-37-38-21-22-48-37)47-35(42)27-19-11-4-12-20-27/h1-20,28-31,36H,21-23H2/t28-,29-,30+,31+,36-/m1/s1. The number of thioether (sulfide) groups is 2. The van der Waals surface area contributed by atoms with Crippen LogP contribution in [0.2, 0.25) is 0 Å². The van der Waals surface area contributed by atoms with Crippen molar-refractivity contribution < 1.29 is 42.9 Å². The molecule has 0 saturated carbocycles. The molecular weight excluding hydrogens is 667 g/mol. The first kappa shape index (κ1) is 34.0. The van der Waals surface area contributed by atoms with Crippen LogP contribution in [0.15, 0.2) is 126 Å². The second-order valence-electron chi connectivity index (χ2n) is 10.8. The lowest BCUT2D eigenvalue weighted by atomic mass is 9.98. The summed E-state index contributed by atoms with van der Waals surface area (Å²) in [5, 5.41) is 0. The van der Waals surface area contributed by atoms with Gasteiger partial charge in [0.2, 0.25) is 0 Å². The number of aliphatic imine (C=N–C) groups is 1. The van der Waals surface area contributed by atoms with Gasteiger partial charge in [-0.1, -0.05) is 96.3 Å². The second kappa shape index (κ2) is 16.5. The quantitative estimate of drug-likeness (QED) is 0.141. The highest BCUT2D eigenvalue weighted by Crippen LogP contribution is 2.38. The van der Waals surface area contributed by atoms with Gasteiger partial charge >= 0.3 is 23.9 Å². The van der Waals surface area contributed by atoms with Crippen LogP contribution in [0.3, 0.4) is 0 Å². The summed E-state index contributed by atoms with van der Waals surface area (Å²) in [7, 11) is 0. The van der Waals surface area contributed by atoms with E-state index in [4.69, 9.17) is 23.7 Å². The summed E-state index contributed by atoms with van der Waals surface area (Å²) in [5.74, 6) is -2.07. The highest BCUT2D eigenvalue weighted by Gasteiger charge is 2.53. The summed E-state index contributed by atoms with van der Waals surface area (Å²) in [5.41, 5.74) is 0.00542. The lowest BCUT2D eigenvalue weighted by Gasteiger charge is -2.44. The van der Waals surface area contributed by atoms with Crippen molar-refractivity contribution in [3.8, 4) is 0 Å². The van der Waals surface area contributed by atoms with E-state index in [0.717, 1.165) is 5.75 Å². The Balaban J connectivity index is 1.39. The molecule has 2 aliphatic rings. The average Bonchev–Trinajstić information content (AvgIpc) is 3.67. The molecule has 0 aromatic heterocycles. The minimum atomic E-state index is -1.40. The molecule has 5 atom stereocenters. The number of rotatable bonds is 10. The molecule has 49 heavy (non-hydrogen) atoms. The van der Waals surface area contributed by atoms with Crippen molar-refractivity contribution in [2.24, 2.45) is 4.99 Å². The van der Waals surface area contributed by atoms with E-state index in [1.54, 1.807) is 121 Å². The van der Waals surface area contributed by atoms with Gasteiger partial charge in [0.25, 0.3) is 0 Å². The van der Waals surface area contributed by atoms with Crippen molar-refractivity contribution in [2.75, 3.05) is 18.9 Å². The number of esters is 4. The molecular formula is C37H31NO9S2. The van der Waals surface area contributed by atoms with Gasteiger partial charge in [-0.2, -0.15) is 0 Å². The molecule has 1 fully saturated rings. The molecule has 0 unspecified atom stereocenters. The molecule has 0 bridgehead atoms. The molecule has 0 N–H and O–H groups in total. The predicted molar refractivity (Wildman–Crippen MR) is 185 cm³/mol. The Morgan fingerprint density at radius 2 is 1.04 bits per heavy atom. The first-order valence-electron chi connectivity index (χ1n) is 15.5. The van der Waals surface area contributed by atoms with Crippen LogP contribution < -0.4 is 0 Å². The molecule has 2 heterocycles. The molecule has 0 aliphatic carbocycles. The summed E-state index contributed by atoms with van der Waals surface area (Å²) < 4.78 is 31.1. The number of carbonyl (C=O) groups is 4. The molecule has 1 saturated heterocycles. The average molecular weight is 698 g/mol. The van der Waals surface area contributed by atoms with Gasteiger partial charge in [0.05, 0.1) is 28.8 Å². The smallest absolute Gasteiger partial charge is 0.338 e. The van der Waals surface area contributed by atoms with Crippen LogP contribution in [0.1, 0.15) is 41.4 Å². The molecule has 10 nitrogen and oxygen atoms in total. The van der Waals surface area contributed by atoms with Gasteiger partial charge in [-0.15, -0.1) is 0 Å². The molecule has 6 rings (SSSR count). The summed E-state index contributed by atoms with van der Waals surface area (Å²) >= 11 is 2.70. The normalized spacial score (nSPS) is 21.6. The second-order valence-corrected chi connectivity index (χ2v) is 13.3. The lowest BCUT2D eigenvalue weighted by molar-refractivity contribution is -0.207. The number of ether oxygens (including phenoxy) is 5.